The van der Waals surface area contributed by atoms with Crippen LogP contribution in [0.15, 0.2) is 52.8 Å². The first-order chi connectivity index (χ1) is 12.8. The highest BCUT2D eigenvalue weighted by Gasteiger charge is 2.29. The van der Waals surface area contributed by atoms with Crippen LogP contribution in [0.2, 0.25) is 5.02 Å². The van der Waals surface area contributed by atoms with Crippen molar-refractivity contribution in [3.05, 3.63) is 69.0 Å². The van der Waals surface area contributed by atoms with Gasteiger partial charge in [0.15, 0.2) is 10.8 Å². The van der Waals surface area contributed by atoms with Crippen molar-refractivity contribution < 1.29 is 9.90 Å². The zero-order chi connectivity index (χ0) is 19.2. The molecule has 2 heterocycles. The van der Waals surface area contributed by atoms with E-state index in [1.54, 1.807) is 24.3 Å². The summed E-state index contributed by atoms with van der Waals surface area (Å²) >= 11 is 7.64. The Balaban J connectivity index is 1.67. The fourth-order valence-electron chi connectivity index (χ4n) is 3.05. The number of hydrogen-bond acceptors (Lipinski definition) is 5. The number of nitrogens with one attached hydrogen (secondary N) is 1. The smallest absolute Gasteiger partial charge is 0.335 e. The molecule has 1 aromatic heterocycles. The molecule has 4 rings (SSSR count). The topological polar surface area (TPSA) is 74.6 Å². The number of aromatic nitrogens is 1. The Hall–Kier alpha value is -2.70. The molecule has 0 atom stereocenters. The summed E-state index contributed by atoms with van der Waals surface area (Å²) in [6, 6.07) is 12.4. The minimum Gasteiger partial charge on any atom is -0.478 e. The Bertz CT molecular complexity index is 1070. The molecule has 1 aliphatic rings. The average Bonchev–Trinajstić information content (AvgIpc) is 3.11. The van der Waals surface area contributed by atoms with Crippen molar-refractivity contribution in [3.63, 3.8) is 0 Å². The molecule has 0 aliphatic carbocycles. The summed E-state index contributed by atoms with van der Waals surface area (Å²) in [7, 11) is 0. The van der Waals surface area contributed by atoms with Gasteiger partial charge < -0.3 is 10.4 Å². The van der Waals surface area contributed by atoms with Crippen LogP contribution >= 0.6 is 22.9 Å². The van der Waals surface area contributed by atoms with Gasteiger partial charge in [0.05, 0.1) is 16.8 Å². The molecule has 5 nitrogen and oxygen atoms in total. The maximum atomic E-state index is 11.0. The van der Waals surface area contributed by atoms with Gasteiger partial charge in [-0.15, -0.1) is 11.3 Å². The van der Waals surface area contributed by atoms with Crippen molar-refractivity contribution in [2.24, 2.45) is 4.99 Å². The van der Waals surface area contributed by atoms with Gasteiger partial charge in [-0.1, -0.05) is 29.8 Å². The van der Waals surface area contributed by atoms with E-state index in [9.17, 15) is 4.79 Å². The first kappa shape index (κ1) is 17.7. The van der Waals surface area contributed by atoms with Gasteiger partial charge in [0.25, 0.3) is 0 Å². The molecule has 0 unspecified atom stereocenters. The van der Waals surface area contributed by atoms with Crippen molar-refractivity contribution in [2.45, 2.75) is 19.4 Å². The Labute approximate surface area is 165 Å². The monoisotopic (exact) mass is 397 g/mol. The van der Waals surface area contributed by atoms with Crippen molar-refractivity contribution in [2.75, 3.05) is 5.32 Å². The molecule has 2 aromatic carbocycles. The van der Waals surface area contributed by atoms with E-state index in [0.29, 0.717) is 10.9 Å². The molecule has 0 saturated heterocycles. The normalized spacial score (nSPS) is 14.9. The number of anilines is 1. The molecule has 0 spiro atoms. The van der Waals surface area contributed by atoms with Gasteiger partial charge in [0.2, 0.25) is 0 Å². The number of hydrogen-bond donors (Lipinski definition) is 2. The summed E-state index contributed by atoms with van der Waals surface area (Å²) in [5.41, 5.74) is 3.52. The third kappa shape index (κ3) is 3.34. The van der Waals surface area contributed by atoms with E-state index < -0.39 is 11.5 Å². The maximum absolute atomic E-state index is 11.0. The molecule has 2 N–H and O–H groups in total. The fourth-order valence-corrected chi connectivity index (χ4v) is 3.99. The summed E-state index contributed by atoms with van der Waals surface area (Å²) in [5, 5.41) is 15.7. The summed E-state index contributed by atoms with van der Waals surface area (Å²) in [6.07, 6.45) is 0. The number of halogens is 1. The molecule has 7 heteroatoms. The van der Waals surface area contributed by atoms with Crippen LogP contribution in [0.25, 0.3) is 11.3 Å². The Morgan fingerprint density at radius 3 is 2.63 bits per heavy atom. The van der Waals surface area contributed by atoms with Crippen LogP contribution in [0.3, 0.4) is 0 Å². The standard InChI is InChI=1S/C20H16ClN3O2S/c1-20(2)14-8-7-13(21)9-15(14)22-17(24-20)18-23-16(10-27-18)11-3-5-12(6-4-11)19(25)26/h3-10H,1-2H3,(H,22,24)(H,25,26). The molecule has 0 amide bonds. The molecule has 27 heavy (non-hydrogen) atoms. The van der Waals surface area contributed by atoms with Crippen LogP contribution < -0.4 is 5.32 Å². The summed E-state index contributed by atoms with van der Waals surface area (Å²) in [4.78, 5) is 20.5. The molecular weight excluding hydrogens is 382 g/mol. The number of aromatic carboxylic acids is 1. The first-order valence-electron chi connectivity index (χ1n) is 8.30. The lowest BCUT2D eigenvalue weighted by atomic mass is 9.92. The molecule has 136 valence electrons. The number of benzene rings is 2. The SMILES string of the molecule is CC1(C)N=C(c2nc(-c3ccc(C(=O)O)cc3)cs2)Nc2cc(Cl)ccc21. The number of carbonyl (C=O) groups is 1. The average molecular weight is 398 g/mol. The number of aliphatic imine (C=N–C) groups is 1. The van der Waals surface area contributed by atoms with Crippen LogP contribution in [0, 0.1) is 0 Å². The van der Waals surface area contributed by atoms with Gasteiger partial charge in [-0.05, 0) is 38.1 Å². The molecule has 3 aromatic rings. The number of nitrogens with zero attached hydrogens (tertiary/aromatic N) is 2. The molecule has 0 bridgehead atoms. The maximum Gasteiger partial charge on any atom is 0.335 e. The van der Waals surface area contributed by atoms with Crippen LogP contribution in [0.4, 0.5) is 5.69 Å². The highest BCUT2D eigenvalue weighted by Crippen LogP contribution is 2.37. The van der Waals surface area contributed by atoms with E-state index in [0.717, 1.165) is 27.5 Å². The summed E-state index contributed by atoms with van der Waals surface area (Å²) < 4.78 is 0. The highest BCUT2D eigenvalue weighted by molar-refractivity contribution is 7.12. The lowest BCUT2D eigenvalue weighted by molar-refractivity contribution is 0.0697. The van der Waals surface area contributed by atoms with Crippen molar-refractivity contribution in [1.29, 1.82) is 0 Å². The van der Waals surface area contributed by atoms with Crippen molar-refractivity contribution in [1.82, 2.24) is 4.98 Å². The lowest BCUT2D eigenvalue weighted by Crippen LogP contribution is -2.29. The predicted octanol–water partition coefficient (Wildman–Crippen LogP) is 5.27. The molecular formula is C20H16ClN3O2S. The van der Waals surface area contributed by atoms with Gasteiger partial charge in [-0.3, -0.25) is 4.99 Å². The molecule has 0 saturated carbocycles. The van der Waals surface area contributed by atoms with E-state index >= 15 is 0 Å². The molecule has 0 fully saturated rings. The number of thiazole rings is 1. The number of rotatable bonds is 3. The number of fused-ring (bicyclic) bond motifs is 1. The van der Waals surface area contributed by atoms with Crippen LogP contribution in [0.1, 0.15) is 34.8 Å². The quantitative estimate of drug-likeness (QED) is 0.631. The van der Waals surface area contributed by atoms with Crippen molar-refractivity contribution in [3.8, 4) is 11.3 Å². The Morgan fingerprint density at radius 2 is 1.93 bits per heavy atom. The Morgan fingerprint density at radius 1 is 1.19 bits per heavy atom. The third-order valence-corrected chi connectivity index (χ3v) is 5.50. The van der Waals surface area contributed by atoms with Gasteiger partial charge in [-0.25, -0.2) is 9.78 Å². The van der Waals surface area contributed by atoms with Crippen LogP contribution in [-0.4, -0.2) is 21.9 Å². The zero-order valence-corrected chi connectivity index (χ0v) is 16.2. The lowest BCUT2D eigenvalue weighted by Gasteiger charge is -2.30. The minimum atomic E-state index is -0.944. The highest BCUT2D eigenvalue weighted by atomic mass is 35.5. The van der Waals surface area contributed by atoms with E-state index in [1.807, 2.05) is 23.6 Å². The van der Waals surface area contributed by atoms with E-state index in [2.05, 4.69) is 24.1 Å². The first-order valence-corrected chi connectivity index (χ1v) is 9.56. The second-order valence-corrected chi connectivity index (χ2v) is 8.05. The Kier molecular flexibility index (Phi) is 4.25. The second kappa shape index (κ2) is 6.48. The van der Waals surface area contributed by atoms with Gasteiger partial charge in [0, 0.05) is 27.2 Å². The minimum absolute atomic E-state index is 0.253. The fraction of sp³-hybridized carbons (Fsp3) is 0.150. The van der Waals surface area contributed by atoms with E-state index in [-0.39, 0.29) is 5.56 Å². The van der Waals surface area contributed by atoms with Gasteiger partial charge in [-0.2, -0.15) is 0 Å². The number of carboxylic acid groups (broad SMARTS) is 1. The number of carboxylic acids is 1. The summed E-state index contributed by atoms with van der Waals surface area (Å²) in [6.45, 7) is 4.11. The van der Waals surface area contributed by atoms with E-state index in [1.165, 1.54) is 11.3 Å². The summed E-state index contributed by atoms with van der Waals surface area (Å²) in [5.74, 6) is -0.242. The van der Waals surface area contributed by atoms with Crippen LogP contribution in [-0.2, 0) is 5.54 Å². The number of amidine groups is 1. The van der Waals surface area contributed by atoms with Gasteiger partial charge in [0.1, 0.15) is 0 Å². The molecule has 1 aliphatic heterocycles. The van der Waals surface area contributed by atoms with E-state index in [4.69, 9.17) is 21.7 Å². The third-order valence-electron chi connectivity index (χ3n) is 4.42. The van der Waals surface area contributed by atoms with Crippen molar-refractivity contribution >= 4 is 40.4 Å². The predicted molar refractivity (Wildman–Crippen MR) is 109 cm³/mol. The van der Waals surface area contributed by atoms with Crippen LogP contribution in [0.5, 0.6) is 0 Å². The van der Waals surface area contributed by atoms with Gasteiger partial charge >= 0.3 is 5.97 Å². The largest absolute Gasteiger partial charge is 0.478 e. The zero-order valence-electron chi connectivity index (χ0n) is 14.7. The second-order valence-electron chi connectivity index (χ2n) is 6.75. The molecule has 0 radical (unpaired) electrons.